The Morgan fingerprint density at radius 1 is 1.67 bits per heavy atom. The molecule has 0 aromatic carbocycles. The number of hydrogen-bond donors (Lipinski definition) is 0. The Kier molecular flexibility index (Phi) is 3.32. The van der Waals surface area contributed by atoms with Gasteiger partial charge in [0.25, 0.3) is 0 Å². The molecule has 0 bridgehead atoms. The molecular weight excluding hydrogens is 237 g/mol. The zero-order chi connectivity index (χ0) is 7.49. The maximum atomic E-state index is 12.2. The van der Waals surface area contributed by atoms with Gasteiger partial charge in [0.1, 0.15) is 0 Å². The third-order valence-electron chi connectivity index (χ3n) is 0.858. The molecule has 9 heavy (non-hydrogen) atoms. The normalized spacial score (nSPS) is 13.6. The topological polar surface area (TPSA) is 0 Å². The van der Waals surface area contributed by atoms with Crippen molar-refractivity contribution in [3.05, 3.63) is 24.3 Å². The Morgan fingerprint density at radius 2 is 2.11 bits per heavy atom. The second-order valence-electron chi connectivity index (χ2n) is 1.45. The molecule has 0 saturated carbocycles. The highest BCUT2D eigenvalue weighted by atomic mass is 127. The highest BCUT2D eigenvalue weighted by molar-refractivity contribution is 14.1. The zero-order valence-electron chi connectivity index (χ0n) is 5.00. The molecule has 0 unspecified atom stereocenters. The van der Waals surface area contributed by atoms with E-state index in [0.717, 1.165) is 28.7 Å². The number of allylic oxidation sites excluding steroid dienone is 3. The van der Waals surface area contributed by atoms with Crippen molar-refractivity contribution in [1.82, 2.24) is 0 Å². The SMILES string of the molecule is C=C/C(=C\C)C(F)(F)I. The molecule has 0 aromatic heterocycles. The molecule has 0 aromatic rings. The van der Waals surface area contributed by atoms with Crippen molar-refractivity contribution >= 4 is 22.6 Å². The summed E-state index contributed by atoms with van der Waals surface area (Å²) in [6.07, 6.45) is 2.51. The minimum absolute atomic E-state index is 0.0388. The lowest BCUT2D eigenvalue weighted by molar-refractivity contribution is 0.173. The van der Waals surface area contributed by atoms with E-state index in [1.165, 1.54) is 6.08 Å². The fourth-order valence-electron chi connectivity index (χ4n) is 0.397. The largest absolute Gasteiger partial charge is 0.321 e. The van der Waals surface area contributed by atoms with Gasteiger partial charge in [-0.25, -0.2) is 0 Å². The van der Waals surface area contributed by atoms with Crippen LogP contribution >= 0.6 is 22.6 Å². The molecule has 0 saturated heterocycles. The molecule has 0 radical (unpaired) electrons. The number of hydrogen-bond acceptors (Lipinski definition) is 0. The molecule has 0 N–H and O–H groups in total. The molecule has 0 heterocycles. The number of alkyl halides is 3. The summed E-state index contributed by atoms with van der Waals surface area (Å²) >= 11 is 1.07. The van der Waals surface area contributed by atoms with Gasteiger partial charge in [0.15, 0.2) is 0 Å². The lowest BCUT2D eigenvalue weighted by atomic mass is 10.3. The molecular formula is C6H7F2I. The van der Waals surface area contributed by atoms with E-state index in [4.69, 9.17) is 0 Å². The molecule has 52 valence electrons. The van der Waals surface area contributed by atoms with Gasteiger partial charge in [-0.05, 0) is 6.92 Å². The van der Waals surface area contributed by atoms with E-state index in [1.54, 1.807) is 6.92 Å². The first kappa shape index (κ1) is 9.07. The van der Waals surface area contributed by atoms with Crippen LogP contribution in [0.1, 0.15) is 6.92 Å². The van der Waals surface area contributed by atoms with E-state index in [-0.39, 0.29) is 5.57 Å². The van der Waals surface area contributed by atoms with Gasteiger partial charge in [-0.2, -0.15) is 8.78 Å². The van der Waals surface area contributed by atoms with Crippen LogP contribution in [0, 0.1) is 0 Å². The van der Waals surface area contributed by atoms with E-state index < -0.39 is 3.93 Å². The summed E-state index contributed by atoms with van der Waals surface area (Å²) in [5, 5.41) is 0. The standard InChI is InChI=1S/C6H7F2I/c1-3-5(4-2)6(7,8)9/h3-4H,1H2,2H3/b5-4+. The minimum Gasteiger partial charge on any atom is -0.189 e. The third-order valence-corrected chi connectivity index (χ3v) is 1.48. The molecule has 0 atom stereocenters. The van der Waals surface area contributed by atoms with Crippen LogP contribution in [0.3, 0.4) is 0 Å². The second-order valence-corrected chi connectivity index (χ2v) is 2.80. The zero-order valence-corrected chi connectivity index (χ0v) is 7.15. The van der Waals surface area contributed by atoms with Crippen LogP contribution in [-0.4, -0.2) is 3.93 Å². The highest BCUT2D eigenvalue weighted by Crippen LogP contribution is 2.31. The van der Waals surface area contributed by atoms with E-state index in [1.807, 2.05) is 0 Å². The van der Waals surface area contributed by atoms with Gasteiger partial charge >= 0.3 is 3.93 Å². The number of rotatable bonds is 2. The van der Waals surface area contributed by atoms with Crippen LogP contribution in [0.4, 0.5) is 8.78 Å². The summed E-state index contributed by atoms with van der Waals surface area (Å²) < 4.78 is 21.7. The quantitative estimate of drug-likeness (QED) is 0.397. The van der Waals surface area contributed by atoms with Crippen molar-refractivity contribution in [1.29, 1.82) is 0 Å². The lowest BCUT2D eigenvalue weighted by Crippen LogP contribution is -2.05. The summed E-state index contributed by atoms with van der Waals surface area (Å²) in [6, 6.07) is 0. The lowest BCUT2D eigenvalue weighted by Gasteiger charge is -2.07. The fraction of sp³-hybridized carbons (Fsp3) is 0.333. The first-order valence-corrected chi connectivity index (χ1v) is 3.46. The molecule has 0 aliphatic carbocycles. The summed E-state index contributed by atoms with van der Waals surface area (Å²) in [7, 11) is 0. The van der Waals surface area contributed by atoms with Gasteiger partial charge in [0, 0.05) is 28.2 Å². The molecule has 0 spiro atoms. The Hall–Kier alpha value is 0.0700. The molecule has 0 rings (SSSR count). The van der Waals surface area contributed by atoms with E-state index in [2.05, 4.69) is 6.58 Å². The molecule has 0 amide bonds. The van der Waals surface area contributed by atoms with Gasteiger partial charge in [-0.15, -0.1) is 0 Å². The van der Waals surface area contributed by atoms with Crippen LogP contribution in [-0.2, 0) is 0 Å². The Balaban J connectivity index is 4.32. The van der Waals surface area contributed by atoms with Gasteiger partial charge in [0.05, 0.1) is 0 Å². The second kappa shape index (κ2) is 3.29. The summed E-state index contributed by atoms with van der Waals surface area (Å²) in [4.78, 5) is 0. The van der Waals surface area contributed by atoms with Crippen molar-refractivity contribution in [2.24, 2.45) is 0 Å². The van der Waals surface area contributed by atoms with E-state index in [9.17, 15) is 8.78 Å². The molecule has 0 aliphatic heterocycles. The van der Waals surface area contributed by atoms with Crippen molar-refractivity contribution in [2.75, 3.05) is 0 Å². The first-order valence-electron chi connectivity index (χ1n) is 2.38. The molecule has 0 nitrogen and oxygen atoms in total. The average molecular weight is 244 g/mol. The summed E-state index contributed by atoms with van der Waals surface area (Å²) in [5.74, 6) is 0. The van der Waals surface area contributed by atoms with Crippen LogP contribution < -0.4 is 0 Å². The molecule has 0 aliphatic rings. The van der Waals surface area contributed by atoms with Crippen LogP contribution in [0.2, 0.25) is 0 Å². The smallest absolute Gasteiger partial charge is 0.189 e. The minimum atomic E-state index is -2.77. The van der Waals surface area contributed by atoms with Gasteiger partial charge < -0.3 is 0 Å². The van der Waals surface area contributed by atoms with E-state index in [0.29, 0.717) is 0 Å². The highest BCUT2D eigenvalue weighted by Gasteiger charge is 2.26. The molecule has 3 heteroatoms. The van der Waals surface area contributed by atoms with Gasteiger partial charge in [-0.1, -0.05) is 18.7 Å². The van der Waals surface area contributed by atoms with Gasteiger partial charge in [-0.3, -0.25) is 0 Å². The maximum Gasteiger partial charge on any atom is 0.321 e. The number of halogens is 3. The van der Waals surface area contributed by atoms with Crippen LogP contribution in [0.15, 0.2) is 24.3 Å². The summed E-state index contributed by atoms with van der Waals surface area (Å²) in [6.45, 7) is 4.80. The summed E-state index contributed by atoms with van der Waals surface area (Å²) in [5.41, 5.74) is -0.0388. The first-order chi connectivity index (χ1) is 4.02. The van der Waals surface area contributed by atoms with Crippen molar-refractivity contribution in [3.63, 3.8) is 0 Å². The molecule has 0 fully saturated rings. The Bertz CT molecular complexity index is 132. The maximum absolute atomic E-state index is 12.2. The Labute approximate surface area is 66.8 Å². The third kappa shape index (κ3) is 2.93. The van der Waals surface area contributed by atoms with Crippen molar-refractivity contribution < 1.29 is 8.78 Å². The van der Waals surface area contributed by atoms with Crippen LogP contribution in [0.5, 0.6) is 0 Å². The van der Waals surface area contributed by atoms with E-state index >= 15 is 0 Å². The predicted molar refractivity (Wildman–Crippen MR) is 42.9 cm³/mol. The Morgan fingerprint density at radius 3 is 2.11 bits per heavy atom. The fourth-order valence-corrected chi connectivity index (χ4v) is 0.929. The van der Waals surface area contributed by atoms with Gasteiger partial charge in [0.2, 0.25) is 0 Å². The predicted octanol–water partition coefficient (Wildman–Crippen LogP) is 3.15. The van der Waals surface area contributed by atoms with Crippen molar-refractivity contribution in [2.45, 2.75) is 10.9 Å². The van der Waals surface area contributed by atoms with Crippen LogP contribution in [0.25, 0.3) is 0 Å². The van der Waals surface area contributed by atoms with Crippen molar-refractivity contribution in [3.8, 4) is 0 Å². The monoisotopic (exact) mass is 244 g/mol. The average Bonchev–Trinajstić information content (AvgIpc) is 1.65.